The number of benzene rings is 1. The lowest BCUT2D eigenvalue weighted by molar-refractivity contribution is -0.136. The maximum atomic E-state index is 13.4. The molecule has 0 radical (unpaired) electrons. The fourth-order valence-electron chi connectivity index (χ4n) is 2.81. The van der Waals surface area contributed by atoms with Crippen molar-refractivity contribution >= 4 is 23.3 Å². The molecule has 1 aromatic rings. The van der Waals surface area contributed by atoms with E-state index in [-0.39, 0.29) is 25.4 Å². The molecule has 0 amide bonds. The zero-order valence-corrected chi connectivity index (χ0v) is 15.4. The van der Waals surface area contributed by atoms with Gasteiger partial charge in [0.1, 0.15) is 12.3 Å². The van der Waals surface area contributed by atoms with E-state index in [0.29, 0.717) is 17.7 Å². The number of hydrogen-bond acceptors (Lipinski definition) is 4. The molecular formula is C19H24F2O3S. The van der Waals surface area contributed by atoms with E-state index in [4.69, 9.17) is 9.47 Å². The van der Waals surface area contributed by atoms with E-state index in [1.54, 1.807) is 31.9 Å². The highest BCUT2D eigenvalue weighted by Gasteiger charge is 2.34. The minimum atomic E-state index is -1.45. The number of methoxy groups -OCH3 is 1. The number of allylic oxidation sites excluding steroid dienone is 1. The van der Waals surface area contributed by atoms with E-state index >= 15 is 0 Å². The molecule has 3 nitrogen and oxygen atoms in total. The van der Waals surface area contributed by atoms with Crippen molar-refractivity contribution in [2.75, 3.05) is 26.1 Å². The van der Waals surface area contributed by atoms with Crippen molar-refractivity contribution in [1.82, 2.24) is 0 Å². The molecule has 1 aliphatic rings. The maximum Gasteiger partial charge on any atom is 0.338 e. The van der Waals surface area contributed by atoms with Crippen LogP contribution in [-0.4, -0.2) is 44.4 Å². The molecule has 2 unspecified atom stereocenters. The summed E-state index contributed by atoms with van der Waals surface area (Å²) in [7, 11) is 1.66. The van der Waals surface area contributed by atoms with Gasteiger partial charge in [-0.05, 0) is 43.4 Å². The minimum Gasteiger partial charge on any atom is -0.462 e. The van der Waals surface area contributed by atoms with Gasteiger partial charge in [0.25, 0.3) is 0 Å². The Labute approximate surface area is 151 Å². The minimum absolute atomic E-state index is 0.106. The third kappa shape index (κ3) is 5.82. The highest BCUT2D eigenvalue weighted by molar-refractivity contribution is 7.99. The molecule has 0 aromatic heterocycles. The van der Waals surface area contributed by atoms with Crippen LogP contribution in [0.5, 0.6) is 0 Å². The topological polar surface area (TPSA) is 35.5 Å². The quantitative estimate of drug-likeness (QED) is 0.293. The molecule has 138 valence electrons. The maximum absolute atomic E-state index is 13.4. The number of carbonyl (C=O) groups is 1. The van der Waals surface area contributed by atoms with Crippen LogP contribution in [0.3, 0.4) is 0 Å². The Bertz CT molecular complexity index is 579. The predicted molar refractivity (Wildman–Crippen MR) is 96.2 cm³/mol. The SMILES string of the molecule is CCOC(=O)C(=CC1CC(F)C(F)C1)c1ccc(SCCOC)cc1. The summed E-state index contributed by atoms with van der Waals surface area (Å²) in [6.45, 7) is 2.65. The number of carbonyl (C=O) groups excluding carboxylic acids is 1. The predicted octanol–water partition coefficient (Wildman–Crippen LogP) is 4.46. The van der Waals surface area contributed by atoms with Crippen LogP contribution in [0.25, 0.3) is 5.57 Å². The van der Waals surface area contributed by atoms with Gasteiger partial charge in [0, 0.05) is 17.8 Å². The monoisotopic (exact) mass is 370 g/mol. The van der Waals surface area contributed by atoms with Crippen molar-refractivity contribution in [2.45, 2.75) is 37.0 Å². The second-order valence-electron chi connectivity index (χ2n) is 5.93. The molecule has 0 spiro atoms. The number of ether oxygens (including phenoxy) is 2. The summed E-state index contributed by atoms with van der Waals surface area (Å²) in [6.07, 6.45) is -1.03. The first-order valence-corrected chi connectivity index (χ1v) is 9.43. The van der Waals surface area contributed by atoms with E-state index < -0.39 is 18.3 Å². The molecule has 0 aliphatic heterocycles. The molecule has 1 aliphatic carbocycles. The van der Waals surface area contributed by atoms with Crippen molar-refractivity contribution in [3.8, 4) is 0 Å². The molecular weight excluding hydrogens is 346 g/mol. The van der Waals surface area contributed by atoms with Gasteiger partial charge in [0.2, 0.25) is 0 Å². The summed E-state index contributed by atoms with van der Waals surface area (Å²) in [5.41, 5.74) is 1.08. The third-order valence-electron chi connectivity index (χ3n) is 4.07. The molecule has 6 heteroatoms. The van der Waals surface area contributed by atoms with Gasteiger partial charge >= 0.3 is 5.97 Å². The highest BCUT2D eigenvalue weighted by Crippen LogP contribution is 2.34. The average Bonchev–Trinajstić information content (AvgIpc) is 2.92. The zero-order chi connectivity index (χ0) is 18.2. The second kappa shape index (κ2) is 9.92. The smallest absolute Gasteiger partial charge is 0.338 e. The Balaban J connectivity index is 2.16. The molecule has 2 rings (SSSR count). The van der Waals surface area contributed by atoms with Crippen LogP contribution in [0, 0.1) is 5.92 Å². The lowest BCUT2D eigenvalue weighted by Gasteiger charge is -2.11. The van der Waals surface area contributed by atoms with Gasteiger partial charge in [0.15, 0.2) is 0 Å². The molecule has 0 N–H and O–H groups in total. The molecule has 1 aromatic carbocycles. The van der Waals surface area contributed by atoms with Gasteiger partial charge in [-0.2, -0.15) is 0 Å². The third-order valence-corrected chi connectivity index (χ3v) is 5.04. The zero-order valence-electron chi connectivity index (χ0n) is 14.5. The van der Waals surface area contributed by atoms with Crippen LogP contribution < -0.4 is 0 Å². The second-order valence-corrected chi connectivity index (χ2v) is 7.10. The number of thioether (sulfide) groups is 1. The Kier molecular flexibility index (Phi) is 7.90. The molecule has 0 heterocycles. The number of hydrogen-bond donors (Lipinski definition) is 0. The fourth-order valence-corrected chi connectivity index (χ4v) is 3.62. The Morgan fingerprint density at radius 1 is 1.24 bits per heavy atom. The van der Waals surface area contributed by atoms with E-state index in [9.17, 15) is 13.6 Å². The van der Waals surface area contributed by atoms with Crippen molar-refractivity contribution in [3.63, 3.8) is 0 Å². The van der Waals surface area contributed by atoms with Crippen molar-refractivity contribution in [2.24, 2.45) is 5.92 Å². The van der Waals surface area contributed by atoms with E-state index in [1.165, 1.54) is 0 Å². The highest BCUT2D eigenvalue weighted by atomic mass is 32.2. The average molecular weight is 370 g/mol. The largest absolute Gasteiger partial charge is 0.462 e. The summed E-state index contributed by atoms with van der Waals surface area (Å²) in [5, 5.41) is 0. The van der Waals surface area contributed by atoms with Gasteiger partial charge in [-0.3, -0.25) is 0 Å². The van der Waals surface area contributed by atoms with Crippen LogP contribution in [0.15, 0.2) is 35.2 Å². The molecule has 1 fully saturated rings. The van der Waals surface area contributed by atoms with E-state index in [2.05, 4.69) is 0 Å². The number of alkyl halides is 2. The normalized spacial score (nSPS) is 23.7. The lowest BCUT2D eigenvalue weighted by Crippen LogP contribution is -2.08. The van der Waals surface area contributed by atoms with Gasteiger partial charge < -0.3 is 9.47 Å². The van der Waals surface area contributed by atoms with Crippen LogP contribution in [0.1, 0.15) is 25.3 Å². The molecule has 25 heavy (non-hydrogen) atoms. The van der Waals surface area contributed by atoms with Crippen molar-refractivity contribution in [1.29, 1.82) is 0 Å². The van der Waals surface area contributed by atoms with Crippen LogP contribution >= 0.6 is 11.8 Å². The Morgan fingerprint density at radius 3 is 2.44 bits per heavy atom. The first-order valence-electron chi connectivity index (χ1n) is 8.44. The number of halogens is 2. The summed E-state index contributed by atoms with van der Waals surface area (Å²) in [4.78, 5) is 13.4. The Morgan fingerprint density at radius 2 is 1.88 bits per heavy atom. The lowest BCUT2D eigenvalue weighted by atomic mass is 9.98. The van der Waals surface area contributed by atoms with E-state index in [1.807, 2.05) is 24.3 Å². The fraction of sp³-hybridized carbons (Fsp3) is 0.526. The van der Waals surface area contributed by atoms with Gasteiger partial charge in [-0.15, -0.1) is 11.8 Å². The molecule has 2 atom stereocenters. The van der Waals surface area contributed by atoms with Crippen LogP contribution in [0.2, 0.25) is 0 Å². The van der Waals surface area contributed by atoms with Crippen molar-refractivity contribution in [3.05, 3.63) is 35.9 Å². The summed E-state index contributed by atoms with van der Waals surface area (Å²) in [5.74, 6) is 0.0917. The standard InChI is InChI=1S/C19H24F2O3S/c1-3-24-19(22)16(10-13-11-17(20)18(21)12-13)14-4-6-15(7-5-14)25-9-8-23-2/h4-7,10,13,17-18H,3,8-9,11-12H2,1-2H3. The first-order chi connectivity index (χ1) is 12.0. The molecule has 1 saturated carbocycles. The Hall–Kier alpha value is -1.40. The van der Waals surface area contributed by atoms with Crippen LogP contribution in [0.4, 0.5) is 8.78 Å². The molecule has 0 saturated heterocycles. The van der Waals surface area contributed by atoms with Gasteiger partial charge in [-0.1, -0.05) is 18.2 Å². The molecule has 0 bridgehead atoms. The van der Waals surface area contributed by atoms with E-state index in [0.717, 1.165) is 10.6 Å². The number of esters is 1. The van der Waals surface area contributed by atoms with Crippen LogP contribution in [-0.2, 0) is 14.3 Å². The van der Waals surface area contributed by atoms with Crippen molar-refractivity contribution < 1.29 is 23.0 Å². The van der Waals surface area contributed by atoms with Gasteiger partial charge in [-0.25, -0.2) is 13.6 Å². The van der Waals surface area contributed by atoms with Gasteiger partial charge in [0.05, 0.1) is 18.8 Å². The first kappa shape index (κ1) is 19.9. The summed E-state index contributed by atoms with van der Waals surface area (Å²) in [6, 6.07) is 7.53. The number of rotatable bonds is 8. The summed E-state index contributed by atoms with van der Waals surface area (Å²) < 4.78 is 37.0. The summed E-state index contributed by atoms with van der Waals surface area (Å²) >= 11 is 1.66.